The second-order valence-electron chi connectivity index (χ2n) is 14.8. The Labute approximate surface area is 313 Å². The minimum atomic E-state index is -0.825. The van der Waals surface area contributed by atoms with Gasteiger partial charge in [0.05, 0.1) is 18.6 Å². The number of likely N-dealkylation sites (N-methyl/N-ethyl adjacent to an activating group) is 2. The zero-order valence-electron chi connectivity index (χ0n) is 32.6. The standard InChI is InChI=1S/C39H59N5O7S/c1-11-25(4)33(42-38(49)39(7)18-15-19-43(39)8)36(47)44(9)31(24(2)3)22-32(51-27(6)45)35-41-30(23-52-35)34(46)40-29(20-26(5)37(48)50-10)21-28-16-13-12-14-17-28/h12-14,16-17,23-26,29,31-33H,11,15,18-22H2,1-10H3,(H,40,46)(H,42,49)/t25-,26-,29+,31+,32+,33-,39-/m0/s1. The monoisotopic (exact) mass is 741 g/mol. The minimum Gasteiger partial charge on any atom is -0.469 e. The third kappa shape index (κ3) is 11.1. The fourth-order valence-electron chi connectivity index (χ4n) is 6.86. The smallest absolute Gasteiger partial charge is 0.308 e. The number of aromatic nitrogens is 1. The molecule has 0 unspecified atom stereocenters. The van der Waals surface area contributed by atoms with Crippen LogP contribution in [-0.4, -0.2) is 95.9 Å². The Balaban J connectivity index is 1.83. The lowest BCUT2D eigenvalue weighted by molar-refractivity contribution is -0.149. The molecule has 1 aromatic carbocycles. The second kappa shape index (κ2) is 19.3. The molecule has 2 heterocycles. The normalized spacial score (nSPS) is 19.5. The highest BCUT2D eigenvalue weighted by molar-refractivity contribution is 7.09. The summed E-state index contributed by atoms with van der Waals surface area (Å²) in [5, 5.41) is 8.20. The summed E-state index contributed by atoms with van der Waals surface area (Å²) < 4.78 is 10.7. The van der Waals surface area contributed by atoms with Crippen molar-refractivity contribution in [3.05, 3.63) is 52.0 Å². The summed E-state index contributed by atoms with van der Waals surface area (Å²) in [6.07, 6.45) is 2.61. The molecular formula is C39H59N5O7S. The summed E-state index contributed by atoms with van der Waals surface area (Å²) in [5.41, 5.74) is 0.488. The molecule has 3 rings (SSSR count). The number of thiazole rings is 1. The van der Waals surface area contributed by atoms with E-state index in [-0.39, 0.29) is 53.8 Å². The van der Waals surface area contributed by atoms with Gasteiger partial charge in [-0.25, -0.2) is 4.98 Å². The number of esters is 2. The van der Waals surface area contributed by atoms with E-state index in [2.05, 4.69) is 15.6 Å². The molecule has 1 fully saturated rings. The van der Waals surface area contributed by atoms with Crippen LogP contribution in [-0.2, 0) is 35.1 Å². The van der Waals surface area contributed by atoms with E-state index in [1.807, 2.05) is 76.9 Å². The van der Waals surface area contributed by atoms with Crippen LogP contribution in [0.5, 0.6) is 0 Å². The molecular weight excluding hydrogens is 683 g/mol. The maximum absolute atomic E-state index is 14.2. The molecule has 1 aliphatic rings. The third-order valence-corrected chi connectivity index (χ3v) is 11.5. The van der Waals surface area contributed by atoms with Crippen molar-refractivity contribution >= 4 is 41.0 Å². The summed E-state index contributed by atoms with van der Waals surface area (Å²) in [4.78, 5) is 74.3. The highest BCUT2D eigenvalue weighted by atomic mass is 32.1. The van der Waals surface area contributed by atoms with E-state index in [1.54, 1.807) is 24.3 Å². The van der Waals surface area contributed by atoms with E-state index in [0.29, 0.717) is 24.3 Å². The Hall–Kier alpha value is -3.84. The number of nitrogens with one attached hydrogen (secondary N) is 2. The first-order valence-corrected chi connectivity index (χ1v) is 19.2. The largest absolute Gasteiger partial charge is 0.469 e. The van der Waals surface area contributed by atoms with Gasteiger partial charge in [0, 0.05) is 37.9 Å². The summed E-state index contributed by atoms with van der Waals surface area (Å²) in [7, 11) is 5.01. The summed E-state index contributed by atoms with van der Waals surface area (Å²) in [5.74, 6) is -2.25. The van der Waals surface area contributed by atoms with E-state index < -0.39 is 35.5 Å². The van der Waals surface area contributed by atoms with Gasteiger partial charge in [-0.1, -0.05) is 71.4 Å². The summed E-state index contributed by atoms with van der Waals surface area (Å²) in [6, 6.07) is 8.19. The maximum Gasteiger partial charge on any atom is 0.308 e. The van der Waals surface area contributed by atoms with Crippen molar-refractivity contribution in [2.75, 3.05) is 27.7 Å². The molecule has 2 N–H and O–H groups in total. The average Bonchev–Trinajstić information content (AvgIpc) is 3.74. The molecule has 0 aliphatic carbocycles. The van der Waals surface area contributed by atoms with Gasteiger partial charge in [-0.2, -0.15) is 0 Å². The fourth-order valence-corrected chi connectivity index (χ4v) is 7.70. The van der Waals surface area contributed by atoms with Crippen LogP contribution in [0.25, 0.3) is 0 Å². The first-order valence-electron chi connectivity index (χ1n) is 18.4. The minimum absolute atomic E-state index is 0.0444. The predicted molar refractivity (Wildman–Crippen MR) is 201 cm³/mol. The van der Waals surface area contributed by atoms with Crippen LogP contribution in [0.1, 0.15) is 108 Å². The molecule has 0 radical (unpaired) electrons. The van der Waals surface area contributed by atoms with Gasteiger partial charge in [-0.3, -0.25) is 28.9 Å². The van der Waals surface area contributed by atoms with E-state index in [4.69, 9.17) is 9.47 Å². The maximum atomic E-state index is 14.2. The van der Waals surface area contributed by atoms with Crippen molar-refractivity contribution in [1.29, 1.82) is 0 Å². The Morgan fingerprint density at radius 2 is 1.73 bits per heavy atom. The number of benzene rings is 1. The molecule has 1 saturated heterocycles. The Kier molecular flexibility index (Phi) is 15.8. The fraction of sp³-hybridized carbons (Fsp3) is 0.641. The topological polar surface area (TPSA) is 147 Å². The number of amides is 3. The van der Waals surface area contributed by atoms with Crippen molar-refractivity contribution in [3.8, 4) is 0 Å². The number of methoxy groups -OCH3 is 1. The van der Waals surface area contributed by atoms with E-state index >= 15 is 0 Å². The number of carbonyl (C=O) groups is 5. The Morgan fingerprint density at radius 3 is 2.29 bits per heavy atom. The quantitative estimate of drug-likeness (QED) is 0.198. The number of ether oxygens (including phenoxy) is 2. The molecule has 0 bridgehead atoms. The van der Waals surface area contributed by atoms with Gasteiger partial charge in [0.2, 0.25) is 11.8 Å². The van der Waals surface area contributed by atoms with Crippen LogP contribution < -0.4 is 10.6 Å². The summed E-state index contributed by atoms with van der Waals surface area (Å²) >= 11 is 1.20. The second-order valence-corrected chi connectivity index (χ2v) is 15.7. The molecule has 2 aromatic rings. The van der Waals surface area contributed by atoms with Gasteiger partial charge >= 0.3 is 11.9 Å². The summed E-state index contributed by atoms with van der Waals surface area (Å²) in [6.45, 7) is 13.8. The number of nitrogens with zero attached hydrogens (tertiary/aromatic N) is 3. The molecule has 7 atom stereocenters. The lowest BCUT2D eigenvalue weighted by atomic mass is 9.91. The Bertz CT molecular complexity index is 1520. The van der Waals surface area contributed by atoms with Gasteiger partial charge < -0.3 is 25.0 Å². The van der Waals surface area contributed by atoms with Gasteiger partial charge in [0.25, 0.3) is 5.91 Å². The van der Waals surface area contributed by atoms with Crippen LogP contribution in [0.2, 0.25) is 0 Å². The zero-order chi connectivity index (χ0) is 38.7. The number of rotatable bonds is 18. The van der Waals surface area contributed by atoms with E-state index in [1.165, 1.54) is 25.4 Å². The van der Waals surface area contributed by atoms with Crippen LogP contribution in [0.4, 0.5) is 0 Å². The third-order valence-electron chi connectivity index (χ3n) is 10.6. The average molecular weight is 742 g/mol. The van der Waals surface area contributed by atoms with Gasteiger partial charge in [-0.05, 0) is 63.6 Å². The van der Waals surface area contributed by atoms with Crippen LogP contribution >= 0.6 is 11.3 Å². The molecule has 1 aliphatic heterocycles. The van der Waals surface area contributed by atoms with Crippen LogP contribution in [0.3, 0.4) is 0 Å². The highest BCUT2D eigenvalue weighted by Crippen LogP contribution is 2.32. The van der Waals surface area contributed by atoms with Gasteiger partial charge in [0.15, 0.2) is 6.10 Å². The molecule has 52 heavy (non-hydrogen) atoms. The van der Waals surface area contributed by atoms with E-state index in [0.717, 1.165) is 24.9 Å². The molecule has 3 amide bonds. The van der Waals surface area contributed by atoms with Crippen molar-refractivity contribution < 1.29 is 33.4 Å². The predicted octanol–water partition coefficient (Wildman–Crippen LogP) is 5.18. The van der Waals surface area contributed by atoms with Crippen molar-refractivity contribution in [2.24, 2.45) is 17.8 Å². The molecule has 13 heteroatoms. The van der Waals surface area contributed by atoms with E-state index in [9.17, 15) is 24.0 Å². The highest BCUT2D eigenvalue weighted by Gasteiger charge is 2.44. The molecule has 1 aromatic heterocycles. The van der Waals surface area contributed by atoms with Crippen LogP contribution in [0.15, 0.2) is 35.7 Å². The first kappa shape index (κ1) is 42.6. The lowest BCUT2D eigenvalue weighted by Crippen LogP contribution is -2.60. The first-order chi connectivity index (χ1) is 24.5. The van der Waals surface area contributed by atoms with Gasteiger partial charge in [0.1, 0.15) is 16.7 Å². The number of hydrogen-bond donors (Lipinski definition) is 2. The molecule has 0 saturated carbocycles. The van der Waals surface area contributed by atoms with Gasteiger partial charge in [-0.15, -0.1) is 11.3 Å². The molecule has 0 spiro atoms. The number of hydrogen-bond acceptors (Lipinski definition) is 10. The lowest BCUT2D eigenvalue weighted by Gasteiger charge is -2.38. The van der Waals surface area contributed by atoms with Crippen LogP contribution in [0, 0.1) is 17.8 Å². The van der Waals surface area contributed by atoms with Crippen molar-refractivity contribution in [3.63, 3.8) is 0 Å². The number of likely N-dealkylation sites (tertiary alicyclic amines) is 1. The SMILES string of the molecule is CC[C@H](C)[C@H](NC(=O)[C@]1(C)CCCN1C)C(=O)N(C)[C@H](C[C@@H](OC(C)=O)c1nc(C(=O)N[C@@H](Cc2ccccc2)C[C@H](C)C(=O)OC)cs1)C(C)C. The van der Waals surface area contributed by atoms with Crippen molar-refractivity contribution in [1.82, 2.24) is 25.4 Å². The number of carbonyl (C=O) groups excluding carboxylic acids is 5. The molecule has 12 nitrogen and oxygen atoms in total. The Morgan fingerprint density at radius 1 is 1.06 bits per heavy atom. The zero-order valence-corrected chi connectivity index (χ0v) is 33.4. The van der Waals surface area contributed by atoms with Crippen molar-refractivity contribution in [2.45, 2.75) is 117 Å². The molecule has 288 valence electrons.